The lowest BCUT2D eigenvalue weighted by Crippen LogP contribution is -2.40. The highest BCUT2D eigenvalue weighted by atomic mass is 16.5. The number of rotatable bonds is 3. The van der Waals surface area contributed by atoms with Crippen molar-refractivity contribution in [2.24, 2.45) is 0 Å². The molecule has 23 heavy (non-hydrogen) atoms. The van der Waals surface area contributed by atoms with E-state index < -0.39 is 0 Å². The van der Waals surface area contributed by atoms with Crippen LogP contribution >= 0.6 is 0 Å². The molecule has 1 atom stereocenters. The molecule has 0 unspecified atom stereocenters. The number of fused-ring (bicyclic) bond motifs is 1. The average molecular weight is 315 g/mol. The Morgan fingerprint density at radius 3 is 2.83 bits per heavy atom. The molecule has 0 saturated carbocycles. The summed E-state index contributed by atoms with van der Waals surface area (Å²) in [7, 11) is 1.64. The summed E-state index contributed by atoms with van der Waals surface area (Å²) in [6.45, 7) is 4.48. The molecule has 0 radical (unpaired) electrons. The Hall–Kier alpha value is -2.50. The van der Waals surface area contributed by atoms with Crippen molar-refractivity contribution in [3.05, 3.63) is 50.9 Å². The Morgan fingerprint density at radius 1 is 1.39 bits per heavy atom. The lowest BCUT2D eigenvalue weighted by molar-refractivity contribution is -0.133. The summed E-state index contributed by atoms with van der Waals surface area (Å²) in [6, 6.07) is 5.98. The van der Waals surface area contributed by atoms with Gasteiger partial charge < -0.3 is 14.7 Å². The Bertz CT molecular complexity index is 791. The molecule has 0 saturated heterocycles. The Morgan fingerprint density at radius 2 is 2.17 bits per heavy atom. The number of methoxy groups -OCH3 is 1. The quantitative estimate of drug-likeness (QED) is 0.905. The first kappa shape index (κ1) is 15.4. The molecule has 6 heteroatoms. The van der Waals surface area contributed by atoms with Gasteiger partial charge in [-0.1, -0.05) is 6.07 Å². The van der Waals surface area contributed by atoms with E-state index in [9.17, 15) is 9.59 Å². The fourth-order valence-electron chi connectivity index (χ4n) is 3.20. The van der Waals surface area contributed by atoms with Crippen molar-refractivity contribution in [3.63, 3.8) is 0 Å². The number of carbonyl (C=O) groups is 1. The number of aromatic amines is 2. The minimum atomic E-state index is -0.220. The minimum absolute atomic E-state index is 0.0281. The number of ether oxygens (including phenoxy) is 1. The smallest absolute Gasteiger partial charge is 0.267 e. The zero-order chi connectivity index (χ0) is 16.6. The maximum atomic E-state index is 12.7. The number of hydrogen-bond donors (Lipinski definition) is 2. The number of benzene rings is 1. The van der Waals surface area contributed by atoms with Gasteiger partial charge in [0.25, 0.3) is 5.56 Å². The molecule has 6 nitrogen and oxygen atoms in total. The van der Waals surface area contributed by atoms with Crippen molar-refractivity contribution in [1.29, 1.82) is 0 Å². The number of nitrogens with zero attached hydrogens (tertiary/aromatic N) is 1. The molecule has 0 spiro atoms. The number of aryl methyl sites for hydroxylation is 1. The summed E-state index contributed by atoms with van der Waals surface area (Å²) in [4.78, 5) is 26.3. The summed E-state index contributed by atoms with van der Waals surface area (Å²) in [6.07, 6.45) is 0.937. The number of H-pyrrole nitrogens is 2. The van der Waals surface area contributed by atoms with Crippen LogP contribution in [0.2, 0.25) is 0 Å². The monoisotopic (exact) mass is 315 g/mol. The average Bonchev–Trinajstić information content (AvgIpc) is 2.86. The van der Waals surface area contributed by atoms with Crippen molar-refractivity contribution >= 4 is 5.91 Å². The standard InChI is InChI=1S/C17H21N3O3/c1-10-14(17(22)19-18-10)9-16(21)20-7-6-12-4-5-13(23-3)8-15(12)11(20)2/h4-5,8,11H,6-7,9H2,1-3H3,(H2,18,19,22)/t11-/m1/s1. The van der Waals surface area contributed by atoms with Gasteiger partial charge in [0.15, 0.2) is 0 Å². The first-order valence-electron chi connectivity index (χ1n) is 7.73. The van der Waals surface area contributed by atoms with Crippen LogP contribution < -0.4 is 10.3 Å². The Balaban J connectivity index is 1.84. The second-order valence-electron chi connectivity index (χ2n) is 5.94. The highest BCUT2D eigenvalue weighted by Crippen LogP contribution is 2.32. The first-order chi connectivity index (χ1) is 11.0. The van der Waals surface area contributed by atoms with Crippen molar-refractivity contribution in [3.8, 4) is 5.75 Å². The second-order valence-corrected chi connectivity index (χ2v) is 5.94. The highest BCUT2D eigenvalue weighted by Gasteiger charge is 2.28. The van der Waals surface area contributed by atoms with E-state index in [1.807, 2.05) is 24.0 Å². The van der Waals surface area contributed by atoms with Crippen LogP contribution in [-0.4, -0.2) is 34.7 Å². The molecule has 0 fully saturated rings. The Labute approximate surface area is 134 Å². The molecule has 1 amide bonds. The highest BCUT2D eigenvalue weighted by molar-refractivity contribution is 5.79. The number of nitrogens with one attached hydrogen (secondary N) is 2. The molecule has 0 bridgehead atoms. The third-order valence-corrected chi connectivity index (χ3v) is 4.63. The van der Waals surface area contributed by atoms with E-state index in [1.54, 1.807) is 14.0 Å². The largest absolute Gasteiger partial charge is 0.497 e. The van der Waals surface area contributed by atoms with E-state index in [4.69, 9.17) is 4.74 Å². The summed E-state index contributed by atoms with van der Waals surface area (Å²) in [5.41, 5.74) is 3.37. The topological polar surface area (TPSA) is 78.2 Å². The van der Waals surface area contributed by atoms with Crippen LogP contribution in [0.25, 0.3) is 0 Å². The number of amides is 1. The minimum Gasteiger partial charge on any atom is -0.497 e. The van der Waals surface area contributed by atoms with E-state index in [2.05, 4.69) is 16.3 Å². The molecule has 0 aliphatic carbocycles. The van der Waals surface area contributed by atoms with Gasteiger partial charge in [0.2, 0.25) is 5.91 Å². The summed E-state index contributed by atoms with van der Waals surface area (Å²) in [5, 5.41) is 5.28. The molecular weight excluding hydrogens is 294 g/mol. The fraction of sp³-hybridized carbons (Fsp3) is 0.412. The third kappa shape index (κ3) is 2.76. The molecule has 1 aliphatic heterocycles. The van der Waals surface area contributed by atoms with E-state index in [0.29, 0.717) is 12.1 Å². The summed E-state index contributed by atoms with van der Waals surface area (Å²) in [5.74, 6) is 0.766. The van der Waals surface area contributed by atoms with Gasteiger partial charge in [0.1, 0.15) is 5.75 Å². The van der Waals surface area contributed by atoms with Gasteiger partial charge >= 0.3 is 0 Å². The van der Waals surface area contributed by atoms with Crippen LogP contribution in [0.3, 0.4) is 0 Å². The summed E-state index contributed by atoms with van der Waals surface area (Å²) < 4.78 is 5.29. The van der Waals surface area contributed by atoms with Gasteiger partial charge in [-0.2, -0.15) is 0 Å². The van der Waals surface area contributed by atoms with Crippen molar-refractivity contribution in [2.75, 3.05) is 13.7 Å². The molecule has 122 valence electrons. The molecule has 3 rings (SSSR count). The third-order valence-electron chi connectivity index (χ3n) is 4.63. The van der Waals surface area contributed by atoms with Crippen molar-refractivity contribution in [2.45, 2.75) is 32.7 Å². The molecule has 1 aromatic heterocycles. The Kier molecular flexibility index (Phi) is 3.98. The van der Waals surface area contributed by atoms with Gasteiger partial charge in [-0.3, -0.25) is 14.7 Å². The van der Waals surface area contributed by atoms with Crippen LogP contribution in [0.5, 0.6) is 5.75 Å². The van der Waals surface area contributed by atoms with Crippen LogP contribution in [0.4, 0.5) is 0 Å². The molecule has 2 heterocycles. The zero-order valence-electron chi connectivity index (χ0n) is 13.6. The molecule has 1 aliphatic rings. The van der Waals surface area contributed by atoms with Crippen LogP contribution in [0.15, 0.2) is 23.0 Å². The second kappa shape index (κ2) is 5.95. The van der Waals surface area contributed by atoms with Gasteiger partial charge in [-0.15, -0.1) is 0 Å². The number of aromatic nitrogens is 2. The van der Waals surface area contributed by atoms with Crippen LogP contribution in [0, 0.1) is 6.92 Å². The number of hydrogen-bond acceptors (Lipinski definition) is 3. The maximum absolute atomic E-state index is 12.7. The predicted molar refractivity (Wildman–Crippen MR) is 86.7 cm³/mol. The van der Waals surface area contributed by atoms with Gasteiger partial charge in [0.05, 0.1) is 19.6 Å². The normalized spacial score (nSPS) is 17.0. The predicted octanol–water partition coefficient (Wildman–Crippen LogP) is 1.71. The van der Waals surface area contributed by atoms with Gasteiger partial charge in [-0.25, -0.2) is 0 Å². The van der Waals surface area contributed by atoms with E-state index in [-0.39, 0.29) is 23.9 Å². The molecule has 2 N–H and O–H groups in total. The van der Waals surface area contributed by atoms with Crippen molar-refractivity contribution < 1.29 is 9.53 Å². The lowest BCUT2D eigenvalue weighted by Gasteiger charge is -2.35. The van der Waals surface area contributed by atoms with Crippen molar-refractivity contribution in [1.82, 2.24) is 15.1 Å². The number of carbonyl (C=O) groups excluding carboxylic acids is 1. The first-order valence-corrected chi connectivity index (χ1v) is 7.73. The van der Waals surface area contributed by atoms with E-state index in [1.165, 1.54) is 5.56 Å². The SMILES string of the molecule is COc1ccc2c(c1)[C@@H](C)N(C(=O)Cc1c(C)[nH][nH]c1=O)CC2. The fourth-order valence-corrected chi connectivity index (χ4v) is 3.20. The van der Waals surface area contributed by atoms with E-state index >= 15 is 0 Å². The lowest BCUT2D eigenvalue weighted by atomic mass is 9.92. The summed E-state index contributed by atoms with van der Waals surface area (Å²) >= 11 is 0. The van der Waals surface area contributed by atoms with Crippen LogP contribution in [-0.2, 0) is 17.6 Å². The van der Waals surface area contributed by atoms with Gasteiger partial charge in [-0.05, 0) is 43.5 Å². The zero-order valence-corrected chi connectivity index (χ0v) is 13.6. The van der Waals surface area contributed by atoms with E-state index in [0.717, 1.165) is 23.4 Å². The molecule has 1 aromatic carbocycles. The maximum Gasteiger partial charge on any atom is 0.267 e. The molecule has 2 aromatic rings. The van der Waals surface area contributed by atoms with Crippen LogP contribution in [0.1, 0.15) is 35.3 Å². The van der Waals surface area contributed by atoms with Gasteiger partial charge in [0, 0.05) is 17.8 Å². The molecular formula is C17H21N3O3.